The van der Waals surface area contributed by atoms with E-state index in [0.717, 1.165) is 68.8 Å². The molecular formula is C22H29N3O4. The van der Waals surface area contributed by atoms with Gasteiger partial charge in [0, 0.05) is 57.3 Å². The Balaban J connectivity index is 1.39. The molecule has 0 unspecified atom stereocenters. The van der Waals surface area contributed by atoms with Crippen molar-refractivity contribution >= 4 is 16.9 Å². The van der Waals surface area contributed by atoms with Gasteiger partial charge in [0.05, 0.1) is 13.2 Å². The molecule has 1 aromatic carbocycles. The van der Waals surface area contributed by atoms with E-state index < -0.39 is 0 Å². The highest BCUT2D eigenvalue weighted by atomic mass is 16.5. The second-order valence-electron chi connectivity index (χ2n) is 7.82. The standard InChI is InChI=1S/C22H29N3O4/c1-2-28-18-5-6-20-19(14-18)17(13-22(27)29-20)15-23-9-11-24(12-10-23)16-21(26)25-7-3-4-8-25/h5-6,13-14H,2-4,7-12,15-16H2,1H3. The number of carbonyl (C=O) groups is 1. The van der Waals surface area contributed by atoms with E-state index in [1.165, 1.54) is 0 Å². The summed E-state index contributed by atoms with van der Waals surface area (Å²) in [7, 11) is 0. The molecule has 29 heavy (non-hydrogen) atoms. The largest absolute Gasteiger partial charge is 0.494 e. The fraction of sp³-hybridized carbons (Fsp3) is 0.545. The molecule has 0 saturated carbocycles. The van der Waals surface area contributed by atoms with Crippen molar-refractivity contribution in [2.75, 3.05) is 52.4 Å². The van der Waals surface area contributed by atoms with Crippen LogP contribution in [0.1, 0.15) is 25.3 Å². The molecule has 0 N–H and O–H groups in total. The van der Waals surface area contributed by atoms with Crippen LogP contribution in [-0.4, -0.2) is 73.0 Å². The molecule has 2 fully saturated rings. The lowest BCUT2D eigenvalue weighted by Crippen LogP contribution is -2.49. The van der Waals surface area contributed by atoms with E-state index in [2.05, 4.69) is 9.80 Å². The molecule has 2 saturated heterocycles. The van der Waals surface area contributed by atoms with Gasteiger partial charge >= 0.3 is 5.63 Å². The van der Waals surface area contributed by atoms with Gasteiger partial charge in [0.2, 0.25) is 5.91 Å². The predicted octanol–water partition coefficient (Wildman–Crippen LogP) is 1.93. The van der Waals surface area contributed by atoms with E-state index in [4.69, 9.17) is 9.15 Å². The quantitative estimate of drug-likeness (QED) is 0.692. The number of ether oxygens (including phenoxy) is 1. The van der Waals surface area contributed by atoms with Gasteiger partial charge in [0.1, 0.15) is 11.3 Å². The number of hydrogen-bond acceptors (Lipinski definition) is 6. The Labute approximate surface area is 170 Å². The highest BCUT2D eigenvalue weighted by Gasteiger charge is 2.24. The molecule has 1 aromatic heterocycles. The van der Waals surface area contributed by atoms with E-state index >= 15 is 0 Å². The Morgan fingerprint density at radius 1 is 1.03 bits per heavy atom. The van der Waals surface area contributed by atoms with E-state index in [0.29, 0.717) is 25.3 Å². The zero-order valence-corrected chi connectivity index (χ0v) is 17.1. The van der Waals surface area contributed by atoms with Gasteiger partial charge in [0.15, 0.2) is 0 Å². The maximum atomic E-state index is 12.4. The first-order valence-electron chi connectivity index (χ1n) is 10.5. The molecule has 0 radical (unpaired) electrons. The number of benzene rings is 1. The van der Waals surface area contributed by atoms with Crippen molar-refractivity contribution in [3.05, 3.63) is 40.2 Å². The van der Waals surface area contributed by atoms with Crippen molar-refractivity contribution < 1.29 is 13.9 Å². The first-order chi connectivity index (χ1) is 14.1. The first-order valence-corrected chi connectivity index (χ1v) is 10.5. The molecule has 3 heterocycles. The summed E-state index contributed by atoms with van der Waals surface area (Å²) in [6, 6.07) is 7.16. The first kappa shape index (κ1) is 19.9. The number of carbonyl (C=O) groups excluding carboxylic acids is 1. The maximum absolute atomic E-state index is 12.4. The lowest BCUT2D eigenvalue weighted by molar-refractivity contribution is -0.131. The zero-order chi connectivity index (χ0) is 20.2. The summed E-state index contributed by atoms with van der Waals surface area (Å²) in [5.74, 6) is 1.03. The van der Waals surface area contributed by atoms with E-state index in [1.54, 1.807) is 12.1 Å². The molecule has 156 valence electrons. The number of rotatable bonds is 6. The number of piperazine rings is 1. The normalized spacial score (nSPS) is 18.4. The fourth-order valence-electron chi connectivity index (χ4n) is 4.20. The molecule has 1 amide bonds. The molecule has 2 aliphatic heterocycles. The van der Waals surface area contributed by atoms with Crippen LogP contribution < -0.4 is 10.4 Å². The van der Waals surface area contributed by atoms with Crippen molar-refractivity contribution in [2.45, 2.75) is 26.3 Å². The third-order valence-electron chi connectivity index (χ3n) is 5.79. The predicted molar refractivity (Wildman–Crippen MR) is 111 cm³/mol. The van der Waals surface area contributed by atoms with E-state index in [9.17, 15) is 9.59 Å². The van der Waals surface area contributed by atoms with Crippen LogP contribution in [0.3, 0.4) is 0 Å². The van der Waals surface area contributed by atoms with Crippen LogP contribution in [0.5, 0.6) is 5.75 Å². The third-order valence-corrected chi connectivity index (χ3v) is 5.79. The molecule has 2 aromatic rings. The highest BCUT2D eigenvalue weighted by Crippen LogP contribution is 2.24. The van der Waals surface area contributed by atoms with Gasteiger partial charge in [0.25, 0.3) is 0 Å². The number of likely N-dealkylation sites (tertiary alicyclic amines) is 1. The van der Waals surface area contributed by atoms with Gasteiger partial charge in [-0.05, 0) is 43.5 Å². The van der Waals surface area contributed by atoms with E-state index in [1.807, 2.05) is 24.0 Å². The second kappa shape index (κ2) is 8.97. The average Bonchev–Trinajstić information content (AvgIpc) is 3.25. The highest BCUT2D eigenvalue weighted by molar-refractivity contribution is 5.81. The zero-order valence-electron chi connectivity index (χ0n) is 17.1. The van der Waals surface area contributed by atoms with Crippen LogP contribution in [0.25, 0.3) is 11.0 Å². The van der Waals surface area contributed by atoms with Crippen LogP contribution in [0.2, 0.25) is 0 Å². The van der Waals surface area contributed by atoms with Crippen molar-refractivity contribution in [1.29, 1.82) is 0 Å². The Hall–Kier alpha value is -2.38. The van der Waals surface area contributed by atoms with Crippen LogP contribution >= 0.6 is 0 Å². The number of fused-ring (bicyclic) bond motifs is 1. The summed E-state index contributed by atoms with van der Waals surface area (Å²) in [6.07, 6.45) is 2.26. The van der Waals surface area contributed by atoms with Gasteiger partial charge in [-0.25, -0.2) is 4.79 Å². The summed E-state index contributed by atoms with van der Waals surface area (Å²) in [5, 5.41) is 0.919. The average molecular weight is 399 g/mol. The monoisotopic (exact) mass is 399 g/mol. The molecule has 7 nitrogen and oxygen atoms in total. The molecule has 0 spiro atoms. The minimum atomic E-state index is -0.327. The molecule has 0 aliphatic carbocycles. The summed E-state index contributed by atoms with van der Waals surface area (Å²) in [6.45, 7) is 9.04. The van der Waals surface area contributed by atoms with E-state index in [-0.39, 0.29) is 11.5 Å². The van der Waals surface area contributed by atoms with Gasteiger partial charge in [-0.3, -0.25) is 14.6 Å². The molecule has 0 bridgehead atoms. The molecule has 2 aliphatic rings. The van der Waals surface area contributed by atoms with Crippen LogP contribution in [0, 0.1) is 0 Å². The van der Waals surface area contributed by atoms with Gasteiger partial charge < -0.3 is 14.1 Å². The summed E-state index contributed by atoms with van der Waals surface area (Å²) < 4.78 is 11.0. The van der Waals surface area contributed by atoms with Crippen molar-refractivity contribution in [3.8, 4) is 5.75 Å². The Morgan fingerprint density at radius 2 is 1.76 bits per heavy atom. The Morgan fingerprint density at radius 3 is 2.48 bits per heavy atom. The van der Waals surface area contributed by atoms with Gasteiger partial charge in [-0.15, -0.1) is 0 Å². The number of amides is 1. The van der Waals surface area contributed by atoms with Crippen molar-refractivity contribution in [1.82, 2.24) is 14.7 Å². The third kappa shape index (κ3) is 4.79. The maximum Gasteiger partial charge on any atom is 0.336 e. The smallest absolute Gasteiger partial charge is 0.336 e. The Bertz CT molecular complexity index is 912. The van der Waals surface area contributed by atoms with Gasteiger partial charge in [-0.1, -0.05) is 0 Å². The number of hydrogen-bond donors (Lipinski definition) is 0. The Kier molecular flexibility index (Phi) is 6.16. The topological polar surface area (TPSA) is 66.2 Å². The van der Waals surface area contributed by atoms with Crippen LogP contribution in [0.4, 0.5) is 0 Å². The van der Waals surface area contributed by atoms with Crippen LogP contribution in [0.15, 0.2) is 33.5 Å². The van der Waals surface area contributed by atoms with Crippen molar-refractivity contribution in [2.24, 2.45) is 0 Å². The molecule has 7 heteroatoms. The molecular weight excluding hydrogens is 370 g/mol. The SMILES string of the molecule is CCOc1ccc2oc(=O)cc(CN3CCN(CC(=O)N4CCCC4)CC3)c2c1. The fourth-order valence-corrected chi connectivity index (χ4v) is 4.20. The lowest BCUT2D eigenvalue weighted by atomic mass is 10.1. The van der Waals surface area contributed by atoms with Crippen molar-refractivity contribution in [3.63, 3.8) is 0 Å². The minimum Gasteiger partial charge on any atom is -0.494 e. The van der Waals surface area contributed by atoms with Gasteiger partial charge in [-0.2, -0.15) is 0 Å². The minimum absolute atomic E-state index is 0.256. The number of nitrogens with zero attached hydrogens (tertiary/aromatic N) is 3. The summed E-state index contributed by atoms with van der Waals surface area (Å²) in [5.41, 5.74) is 1.22. The van der Waals surface area contributed by atoms with Crippen LogP contribution in [-0.2, 0) is 11.3 Å². The summed E-state index contributed by atoms with van der Waals surface area (Å²) in [4.78, 5) is 30.9. The lowest BCUT2D eigenvalue weighted by Gasteiger charge is -2.35. The molecule has 4 rings (SSSR count). The molecule has 0 atom stereocenters. The summed E-state index contributed by atoms with van der Waals surface area (Å²) >= 11 is 0. The second-order valence-corrected chi connectivity index (χ2v) is 7.82.